The molecule has 1 aliphatic heterocycles. The molecule has 1 aromatic carbocycles. The van der Waals surface area contributed by atoms with Crippen molar-refractivity contribution in [2.24, 2.45) is 0 Å². The molecule has 1 aromatic rings. The minimum absolute atomic E-state index is 0.164. The Labute approximate surface area is 152 Å². The van der Waals surface area contributed by atoms with Crippen LogP contribution in [0.25, 0.3) is 0 Å². The molecule has 7 heteroatoms. The summed E-state index contributed by atoms with van der Waals surface area (Å²) in [6, 6.07) is 5.84. The van der Waals surface area contributed by atoms with Gasteiger partial charge in [-0.05, 0) is 45.2 Å². The van der Waals surface area contributed by atoms with E-state index < -0.39 is 17.9 Å². The van der Waals surface area contributed by atoms with Crippen molar-refractivity contribution in [3.8, 4) is 0 Å². The minimum atomic E-state index is -0.879. The molecule has 1 heterocycles. The maximum atomic E-state index is 12.2. The Morgan fingerprint density at radius 2 is 2.04 bits per heavy atom. The number of ether oxygens (including phenoxy) is 1. The van der Waals surface area contributed by atoms with Gasteiger partial charge in [0.1, 0.15) is 6.04 Å². The number of hydrogen-bond donors (Lipinski definition) is 1. The third-order valence-electron chi connectivity index (χ3n) is 4.28. The summed E-state index contributed by atoms with van der Waals surface area (Å²) in [5.41, 5.74) is 0.280. The van der Waals surface area contributed by atoms with Gasteiger partial charge < -0.3 is 15.0 Å². The van der Waals surface area contributed by atoms with Crippen molar-refractivity contribution in [3.05, 3.63) is 34.9 Å². The van der Waals surface area contributed by atoms with Gasteiger partial charge in [0, 0.05) is 12.6 Å². The lowest BCUT2D eigenvalue weighted by atomic mass is 10.0. The standard InChI is InChI=1S/C18H23ClN2O4/c1-12-7-5-6-10-21(12)16(22)11-25-18(24)13(2)20-17(23)14-8-3-4-9-15(14)19/h3-4,8-9,12-13H,5-7,10-11H2,1-2H3,(H,20,23)/t12-,13+/m1/s1. The fourth-order valence-corrected chi connectivity index (χ4v) is 3.01. The van der Waals surface area contributed by atoms with E-state index in [1.54, 1.807) is 29.2 Å². The molecule has 0 spiro atoms. The van der Waals surface area contributed by atoms with Crippen molar-refractivity contribution >= 4 is 29.4 Å². The number of benzene rings is 1. The van der Waals surface area contributed by atoms with Gasteiger partial charge in [-0.15, -0.1) is 0 Å². The number of esters is 1. The highest BCUT2D eigenvalue weighted by Gasteiger charge is 2.25. The van der Waals surface area contributed by atoms with Gasteiger partial charge in [0.15, 0.2) is 6.61 Å². The number of likely N-dealkylation sites (tertiary alicyclic amines) is 1. The van der Waals surface area contributed by atoms with Gasteiger partial charge in [-0.1, -0.05) is 23.7 Å². The summed E-state index contributed by atoms with van der Waals surface area (Å²) < 4.78 is 5.06. The monoisotopic (exact) mass is 366 g/mol. The predicted octanol–water partition coefficient (Wildman–Crippen LogP) is 2.40. The van der Waals surface area contributed by atoms with Crippen LogP contribution in [-0.2, 0) is 14.3 Å². The summed E-state index contributed by atoms with van der Waals surface area (Å²) in [5, 5.41) is 2.83. The Balaban J connectivity index is 1.83. The quantitative estimate of drug-likeness (QED) is 0.812. The van der Waals surface area contributed by atoms with Gasteiger partial charge in [0.25, 0.3) is 11.8 Å². The number of carbonyl (C=O) groups excluding carboxylic acids is 3. The summed E-state index contributed by atoms with van der Waals surface area (Å²) in [4.78, 5) is 38.1. The largest absolute Gasteiger partial charge is 0.454 e. The Kier molecular flexibility index (Phi) is 6.82. The Bertz CT molecular complexity index is 650. The highest BCUT2D eigenvalue weighted by Crippen LogP contribution is 2.17. The summed E-state index contributed by atoms with van der Waals surface area (Å²) in [5.74, 6) is -1.32. The van der Waals surface area contributed by atoms with E-state index in [4.69, 9.17) is 16.3 Å². The number of nitrogens with one attached hydrogen (secondary N) is 1. The lowest BCUT2D eigenvalue weighted by molar-refractivity contribution is -0.154. The summed E-state index contributed by atoms with van der Waals surface area (Å²) >= 11 is 5.96. The summed E-state index contributed by atoms with van der Waals surface area (Å²) in [6.45, 7) is 3.88. The third kappa shape index (κ3) is 5.19. The molecule has 0 bridgehead atoms. The van der Waals surface area contributed by atoms with Gasteiger partial charge in [0.2, 0.25) is 0 Å². The molecular weight excluding hydrogens is 344 g/mol. The van der Waals surface area contributed by atoms with Gasteiger partial charge in [0.05, 0.1) is 10.6 Å². The van der Waals surface area contributed by atoms with Crippen LogP contribution in [0.5, 0.6) is 0 Å². The number of carbonyl (C=O) groups is 3. The molecule has 0 aliphatic carbocycles. The maximum absolute atomic E-state index is 12.2. The number of halogens is 1. The molecule has 0 saturated carbocycles. The van der Waals surface area contributed by atoms with Crippen molar-refractivity contribution in [1.82, 2.24) is 10.2 Å². The lowest BCUT2D eigenvalue weighted by Crippen LogP contribution is -2.45. The highest BCUT2D eigenvalue weighted by molar-refractivity contribution is 6.33. The molecular formula is C18H23ClN2O4. The molecule has 0 unspecified atom stereocenters. The lowest BCUT2D eigenvalue weighted by Gasteiger charge is -2.33. The van der Waals surface area contributed by atoms with Gasteiger partial charge in [-0.25, -0.2) is 4.79 Å². The van der Waals surface area contributed by atoms with Crippen LogP contribution in [0.15, 0.2) is 24.3 Å². The Morgan fingerprint density at radius 3 is 2.72 bits per heavy atom. The van der Waals surface area contributed by atoms with E-state index >= 15 is 0 Å². The van der Waals surface area contributed by atoms with Gasteiger partial charge >= 0.3 is 5.97 Å². The predicted molar refractivity (Wildman–Crippen MR) is 94.4 cm³/mol. The van der Waals surface area contributed by atoms with Crippen LogP contribution in [0.2, 0.25) is 5.02 Å². The van der Waals surface area contributed by atoms with Crippen molar-refractivity contribution in [3.63, 3.8) is 0 Å². The first-order valence-corrected chi connectivity index (χ1v) is 8.79. The molecule has 2 rings (SSSR count). The van der Waals surface area contributed by atoms with E-state index in [1.807, 2.05) is 6.92 Å². The topological polar surface area (TPSA) is 75.7 Å². The average molecular weight is 367 g/mol. The number of piperidine rings is 1. The fraction of sp³-hybridized carbons (Fsp3) is 0.500. The second kappa shape index (κ2) is 8.85. The summed E-state index contributed by atoms with van der Waals surface area (Å²) in [6.07, 6.45) is 3.04. The van der Waals surface area contributed by atoms with Gasteiger partial charge in [-0.3, -0.25) is 9.59 Å². The molecule has 2 amide bonds. The van der Waals surface area contributed by atoms with Crippen LogP contribution in [0.1, 0.15) is 43.5 Å². The molecule has 2 atom stereocenters. The normalized spacial score (nSPS) is 18.4. The van der Waals surface area contributed by atoms with Crippen LogP contribution in [-0.4, -0.2) is 47.9 Å². The average Bonchev–Trinajstić information content (AvgIpc) is 2.60. The number of hydrogen-bond acceptors (Lipinski definition) is 4. The molecule has 0 radical (unpaired) electrons. The van der Waals surface area contributed by atoms with E-state index in [9.17, 15) is 14.4 Å². The van der Waals surface area contributed by atoms with Gasteiger partial charge in [-0.2, -0.15) is 0 Å². The highest BCUT2D eigenvalue weighted by atomic mass is 35.5. The maximum Gasteiger partial charge on any atom is 0.328 e. The number of rotatable bonds is 5. The van der Waals surface area contributed by atoms with E-state index in [0.717, 1.165) is 19.3 Å². The first-order chi connectivity index (χ1) is 11.9. The van der Waals surface area contributed by atoms with Crippen LogP contribution >= 0.6 is 11.6 Å². The molecule has 136 valence electrons. The Hall–Kier alpha value is -2.08. The van der Waals surface area contributed by atoms with Crippen molar-refractivity contribution < 1.29 is 19.1 Å². The van der Waals surface area contributed by atoms with Crippen molar-refractivity contribution in [2.45, 2.75) is 45.2 Å². The zero-order valence-electron chi connectivity index (χ0n) is 14.5. The van der Waals surface area contributed by atoms with Crippen LogP contribution in [0.3, 0.4) is 0 Å². The molecule has 6 nitrogen and oxygen atoms in total. The third-order valence-corrected chi connectivity index (χ3v) is 4.61. The van der Waals surface area contributed by atoms with Crippen LogP contribution in [0.4, 0.5) is 0 Å². The SMILES string of the molecule is C[C@H](NC(=O)c1ccccc1Cl)C(=O)OCC(=O)N1CCCC[C@H]1C. The van der Waals surface area contributed by atoms with Crippen LogP contribution in [0, 0.1) is 0 Å². The van der Waals surface area contributed by atoms with E-state index in [2.05, 4.69) is 5.32 Å². The molecule has 1 fully saturated rings. The number of nitrogens with zero attached hydrogens (tertiary/aromatic N) is 1. The fourth-order valence-electron chi connectivity index (χ4n) is 2.79. The second-order valence-corrected chi connectivity index (χ2v) is 6.62. The summed E-state index contributed by atoms with van der Waals surface area (Å²) in [7, 11) is 0. The minimum Gasteiger partial charge on any atom is -0.454 e. The molecule has 1 aliphatic rings. The first kappa shape index (κ1) is 19.2. The zero-order valence-corrected chi connectivity index (χ0v) is 15.2. The van der Waals surface area contributed by atoms with Crippen molar-refractivity contribution in [1.29, 1.82) is 0 Å². The second-order valence-electron chi connectivity index (χ2n) is 6.21. The zero-order chi connectivity index (χ0) is 18.4. The van der Waals surface area contributed by atoms with E-state index in [0.29, 0.717) is 11.6 Å². The Morgan fingerprint density at radius 1 is 1.32 bits per heavy atom. The molecule has 0 aromatic heterocycles. The smallest absolute Gasteiger partial charge is 0.328 e. The molecule has 1 N–H and O–H groups in total. The molecule has 25 heavy (non-hydrogen) atoms. The van der Waals surface area contributed by atoms with Crippen molar-refractivity contribution in [2.75, 3.05) is 13.2 Å². The van der Waals surface area contributed by atoms with Crippen LogP contribution < -0.4 is 5.32 Å². The number of amides is 2. The first-order valence-electron chi connectivity index (χ1n) is 8.41. The van der Waals surface area contributed by atoms with E-state index in [-0.39, 0.29) is 24.1 Å². The van der Waals surface area contributed by atoms with E-state index in [1.165, 1.54) is 6.92 Å². The molecule has 1 saturated heterocycles.